The van der Waals surface area contributed by atoms with Crippen LogP contribution in [0.4, 0.5) is 18.9 Å². The van der Waals surface area contributed by atoms with Crippen molar-refractivity contribution in [3.63, 3.8) is 0 Å². The zero-order chi connectivity index (χ0) is 28.8. The maximum Gasteiger partial charge on any atom is 0.516 e. The van der Waals surface area contributed by atoms with E-state index >= 15 is 0 Å². The van der Waals surface area contributed by atoms with Gasteiger partial charge < -0.3 is 14.3 Å². The van der Waals surface area contributed by atoms with Crippen LogP contribution in [0.5, 0.6) is 0 Å². The molecule has 1 aliphatic heterocycles. The first-order valence-corrected chi connectivity index (χ1v) is 14.9. The van der Waals surface area contributed by atoms with Crippen LogP contribution in [0.1, 0.15) is 59.7 Å². The van der Waals surface area contributed by atoms with E-state index in [1.807, 2.05) is 11.5 Å². The third-order valence-corrected chi connectivity index (χ3v) is 9.18. The summed E-state index contributed by atoms with van der Waals surface area (Å²) >= 11 is 3.59. The van der Waals surface area contributed by atoms with Crippen molar-refractivity contribution >= 4 is 37.5 Å². The predicted molar refractivity (Wildman–Crippen MR) is 148 cm³/mol. The highest BCUT2D eigenvalue weighted by Gasteiger charge is 2.46. The summed E-state index contributed by atoms with van der Waals surface area (Å²) in [5, 5.41) is 2.72. The lowest BCUT2D eigenvalue weighted by Gasteiger charge is -2.24. The van der Waals surface area contributed by atoms with Crippen molar-refractivity contribution < 1.29 is 30.8 Å². The van der Waals surface area contributed by atoms with Gasteiger partial charge in [0.2, 0.25) is 0 Å². The Morgan fingerprint density at radius 3 is 2.52 bits per heavy atom. The van der Waals surface area contributed by atoms with Crippen molar-refractivity contribution in [3.8, 4) is 22.3 Å². The Labute approximate surface area is 237 Å². The number of fused-ring (bicyclic) bond motifs is 1. The summed E-state index contributed by atoms with van der Waals surface area (Å²) < 4.78 is 73.4. The van der Waals surface area contributed by atoms with Crippen molar-refractivity contribution in [1.82, 2.24) is 14.9 Å². The first-order valence-electron chi connectivity index (χ1n) is 12.6. The van der Waals surface area contributed by atoms with Crippen LogP contribution in [-0.2, 0) is 23.0 Å². The molecule has 0 unspecified atom stereocenters. The molecule has 1 amide bonds. The summed E-state index contributed by atoms with van der Waals surface area (Å²) in [6.07, 6.45) is 6.47. The quantitative estimate of drug-likeness (QED) is 0.229. The molecule has 1 saturated carbocycles. The van der Waals surface area contributed by atoms with Crippen molar-refractivity contribution in [1.29, 1.82) is 0 Å². The maximum atomic E-state index is 13.3. The number of nitrogens with zero attached hydrogens (tertiary/aromatic N) is 2. The number of hydrogen-bond donors (Lipinski definition) is 2. The highest BCUT2D eigenvalue weighted by Crippen LogP contribution is 2.49. The van der Waals surface area contributed by atoms with Gasteiger partial charge in [0.1, 0.15) is 11.5 Å². The number of benzene rings is 1. The molecule has 3 aliphatic rings. The zero-order valence-electron chi connectivity index (χ0n) is 21.6. The van der Waals surface area contributed by atoms with Crippen molar-refractivity contribution in [2.45, 2.75) is 50.6 Å². The number of nitrogens with one attached hydrogen (secondary N) is 2. The molecule has 0 atom stereocenters. The van der Waals surface area contributed by atoms with E-state index in [-0.39, 0.29) is 29.6 Å². The number of sulfonamides is 1. The average Bonchev–Trinajstić information content (AvgIpc) is 3.37. The number of imidazole rings is 1. The second-order valence-electron chi connectivity index (χ2n) is 9.56. The number of carbonyl (C=O) groups is 1. The van der Waals surface area contributed by atoms with Crippen LogP contribution in [-0.4, -0.2) is 36.4 Å². The minimum absolute atomic E-state index is 0.160. The Morgan fingerprint density at radius 2 is 1.90 bits per heavy atom. The molecule has 2 aromatic rings. The first kappa shape index (κ1) is 28.2. The number of aromatic nitrogens is 2. The molecule has 40 heavy (non-hydrogen) atoms. The number of amides is 1. The lowest BCUT2D eigenvalue weighted by Crippen LogP contribution is -2.30. The standard InChI is InChI=1S/C27H26BrF3N4O4S/c1-3-21-33-24(15-7-6-8-15)25(26(36)32-2)35(21)13-18-16-11-12-39-14-19(16)23(28)22(18)17-9-4-5-10-20(17)34-40(37,38)27(29,30)31/h4-5,9-12,14-15,34H,3,6-8,13H2,1-2H3,(H,32,36). The van der Waals surface area contributed by atoms with Gasteiger partial charge in [-0.05, 0) is 52.0 Å². The predicted octanol–water partition coefficient (Wildman–Crippen LogP) is 6.51. The van der Waals surface area contributed by atoms with E-state index in [2.05, 4.69) is 21.2 Å². The number of carbonyl (C=O) groups excluding carboxylic acids is 1. The molecule has 0 saturated heterocycles. The first-order chi connectivity index (χ1) is 19.0. The number of hydrogen-bond acceptors (Lipinski definition) is 5. The highest BCUT2D eigenvalue weighted by atomic mass is 79.9. The summed E-state index contributed by atoms with van der Waals surface area (Å²) in [7, 11) is -4.13. The molecular weight excluding hydrogens is 613 g/mol. The number of halogens is 4. The fourth-order valence-corrected chi connectivity index (χ4v) is 6.43. The van der Waals surface area contributed by atoms with Gasteiger partial charge in [0.05, 0.1) is 30.5 Å². The molecule has 0 bridgehead atoms. The molecule has 5 rings (SSSR count). The van der Waals surface area contributed by atoms with Gasteiger partial charge in [0, 0.05) is 40.5 Å². The minimum Gasteiger partial charge on any atom is -0.472 e. The van der Waals surface area contributed by atoms with E-state index in [0.717, 1.165) is 30.5 Å². The van der Waals surface area contributed by atoms with Crippen molar-refractivity contribution in [3.05, 3.63) is 70.1 Å². The molecule has 13 heteroatoms. The van der Waals surface area contributed by atoms with Crippen LogP contribution in [0, 0.1) is 0 Å². The molecule has 212 valence electrons. The zero-order valence-corrected chi connectivity index (χ0v) is 24.0. The van der Waals surface area contributed by atoms with Crippen molar-refractivity contribution in [2.24, 2.45) is 0 Å². The highest BCUT2D eigenvalue weighted by molar-refractivity contribution is 9.10. The molecule has 1 aromatic carbocycles. The Morgan fingerprint density at radius 1 is 1.18 bits per heavy atom. The van der Waals surface area contributed by atoms with Crippen LogP contribution < -0.4 is 10.0 Å². The summed E-state index contributed by atoms with van der Waals surface area (Å²) in [6, 6.07) is 7.61. The topological polar surface area (TPSA) is 106 Å². The average molecular weight is 639 g/mol. The fraction of sp³-hybridized carbons (Fsp3) is 0.333. The minimum atomic E-state index is -5.68. The van der Waals surface area contributed by atoms with Gasteiger partial charge in [-0.25, -0.2) is 4.98 Å². The summed E-state index contributed by atoms with van der Waals surface area (Å²) in [4.78, 5) is 18.0. The normalized spacial score (nSPS) is 14.3. The van der Waals surface area contributed by atoms with Gasteiger partial charge in [-0.1, -0.05) is 31.5 Å². The summed E-state index contributed by atoms with van der Waals surface area (Å²) in [6.45, 7) is 2.10. The SMILES string of the molecule is CCc1nc(C2CCC2)c(C(=O)NC)n1Cc1c2ccocc-2c(Br)c1-c1ccccc1NS(=O)(=O)C(F)(F)F. The number of anilines is 1. The third-order valence-electron chi connectivity index (χ3n) is 7.26. The van der Waals surface area contributed by atoms with Crippen molar-refractivity contribution in [2.75, 3.05) is 11.8 Å². The van der Waals surface area contributed by atoms with Gasteiger partial charge in [0.15, 0.2) is 0 Å². The molecule has 2 heterocycles. The van der Waals surface area contributed by atoms with Crippen LogP contribution in [0.3, 0.4) is 0 Å². The molecule has 1 fully saturated rings. The smallest absolute Gasteiger partial charge is 0.472 e. The maximum absolute atomic E-state index is 13.3. The second-order valence-corrected chi connectivity index (χ2v) is 12.0. The van der Waals surface area contributed by atoms with Crippen LogP contribution in [0.15, 0.2) is 51.7 Å². The lowest BCUT2D eigenvalue weighted by atomic mass is 9.82. The van der Waals surface area contributed by atoms with Gasteiger partial charge in [-0.3, -0.25) is 9.52 Å². The van der Waals surface area contributed by atoms with Gasteiger partial charge in [-0.15, -0.1) is 0 Å². The Hall–Kier alpha value is -3.32. The second kappa shape index (κ2) is 10.6. The van der Waals surface area contributed by atoms with Crippen LogP contribution in [0.25, 0.3) is 22.3 Å². The Balaban J connectivity index is 1.73. The lowest BCUT2D eigenvalue weighted by molar-refractivity contribution is -0.0429. The molecule has 0 radical (unpaired) electrons. The van der Waals surface area contributed by atoms with E-state index in [9.17, 15) is 26.4 Å². The van der Waals surface area contributed by atoms with E-state index < -0.39 is 15.5 Å². The molecule has 1 aromatic heterocycles. The van der Waals surface area contributed by atoms with Gasteiger partial charge in [0.25, 0.3) is 5.91 Å². The fourth-order valence-electron chi connectivity index (χ4n) is 5.08. The van der Waals surface area contributed by atoms with E-state index in [1.54, 1.807) is 30.0 Å². The van der Waals surface area contributed by atoms with Gasteiger partial charge >= 0.3 is 15.5 Å². The molecular formula is C27H26BrF3N4O4S. The molecule has 2 aliphatic carbocycles. The third kappa shape index (κ3) is 4.78. The largest absolute Gasteiger partial charge is 0.516 e. The number of rotatable bonds is 8. The monoisotopic (exact) mass is 638 g/mol. The van der Waals surface area contributed by atoms with E-state index in [4.69, 9.17) is 9.40 Å². The molecule has 8 nitrogen and oxygen atoms in total. The Bertz CT molecular complexity index is 1660. The number of alkyl halides is 3. The summed E-state index contributed by atoms with van der Waals surface area (Å²) in [5.74, 6) is 0.597. The summed E-state index contributed by atoms with van der Waals surface area (Å²) in [5.41, 5.74) is -1.81. The molecule has 0 spiro atoms. The Kier molecular flexibility index (Phi) is 7.47. The van der Waals surface area contributed by atoms with Crippen LogP contribution in [0.2, 0.25) is 0 Å². The number of para-hydroxylation sites is 1. The van der Waals surface area contributed by atoms with Gasteiger partial charge in [-0.2, -0.15) is 21.6 Å². The van der Waals surface area contributed by atoms with E-state index in [0.29, 0.717) is 39.1 Å². The number of aryl methyl sites for hydroxylation is 1. The molecule has 2 N–H and O–H groups in total. The van der Waals surface area contributed by atoms with Crippen LogP contribution >= 0.6 is 15.9 Å². The van der Waals surface area contributed by atoms with E-state index in [1.165, 1.54) is 24.7 Å².